The molecule has 3 N–H and O–H groups in total. The summed E-state index contributed by atoms with van der Waals surface area (Å²) in [6.07, 6.45) is 2.14. The van der Waals surface area contributed by atoms with E-state index in [2.05, 4.69) is 9.97 Å². The Bertz CT molecular complexity index is 408. The number of nitrogen functional groups attached to an aromatic ring is 1. The highest BCUT2D eigenvalue weighted by atomic mass is 16.5. The summed E-state index contributed by atoms with van der Waals surface area (Å²) < 4.78 is 5.32. The topological polar surface area (TPSA) is 84.5 Å². The Morgan fingerprint density at radius 3 is 2.94 bits per heavy atom. The molecule has 1 unspecified atom stereocenters. The lowest BCUT2D eigenvalue weighted by Crippen LogP contribution is -2.30. The van der Waals surface area contributed by atoms with Crippen molar-refractivity contribution in [2.45, 2.75) is 25.9 Å². The van der Waals surface area contributed by atoms with E-state index >= 15 is 0 Å². The SMILES string of the molecule is CCOc1ncnc(N2CCC(C)(O)C2)c1N. The highest BCUT2D eigenvalue weighted by Gasteiger charge is 2.33. The van der Waals surface area contributed by atoms with Crippen LogP contribution < -0.4 is 15.4 Å². The summed E-state index contributed by atoms with van der Waals surface area (Å²) in [4.78, 5) is 10.1. The summed E-state index contributed by atoms with van der Waals surface area (Å²) in [5.41, 5.74) is 5.72. The molecule has 1 aromatic rings. The molecule has 0 spiro atoms. The van der Waals surface area contributed by atoms with Gasteiger partial charge in [0.2, 0.25) is 5.88 Å². The second-order valence-electron chi connectivity index (χ2n) is 4.52. The van der Waals surface area contributed by atoms with E-state index in [0.717, 1.165) is 6.54 Å². The fourth-order valence-electron chi connectivity index (χ4n) is 2.00. The van der Waals surface area contributed by atoms with Gasteiger partial charge in [-0.3, -0.25) is 0 Å². The van der Waals surface area contributed by atoms with Gasteiger partial charge in [0.1, 0.15) is 12.0 Å². The molecule has 1 aliphatic heterocycles. The van der Waals surface area contributed by atoms with E-state index in [-0.39, 0.29) is 0 Å². The number of nitrogens with zero attached hydrogens (tertiary/aromatic N) is 3. The van der Waals surface area contributed by atoms with Crippen LogP contribution in [0.25, 0.3) is 0 Å². The van der Waals surface area contributed by atoms with Gasteiger partial charge < -0.3 is 20.5 Å². The summed E-state index contributed by atoms with van der Waals surface area (Å²) in [6, 6.07) is 0. The zero-order valence-electron chi connectivity index (χ0n) is 10.2. The minimum absolute atomic E-state index is 0.407. The van der Waals surface area contributed by atoms with E-state index in [0.29, 0.717) is 37.0 Å². The minimum atomic E-state index is -0.677. The van der Waals surface area contributed by atoms with Gasteiger partial charge in [0.15, 0.2) is 5.82 Å². The predicted molar refractivity (Wildman–Crippen MR) is 65.1 cm³/mol. The van der Waals surface area contributed by atoms with Crippen molar-refractivity contribution in [3.63, 3.8) is 0 Å². The van der Waals surface area contributed by atoms with Crippen molar-refractivity contribution in [1.82, 2.24) is 9.97 Å². The number of rotatable bonds is 3. The van der Waals surface area contributed by atoms with Gasteiger partial charge in [-0.15, -0.1) is 0 Å². The van der Waals surface area contributed by atoms with Crippen LogP contribution in [0.4, 0.5) is 11.5 Å². The standard InChI is InChI=1S/C11H18N4O2/c1-3-17-10-8(12)9(13-7-14-10)15-5-4-11(2,16)6-15/h7,16H,3-6,12H2,1-2H3. The van der Waals surface area contributed by atoms with E-state index < -0.39 is 5.60 Å². The summed E-state index contributed by atoms with van der Waals surface area (Å²) in [5.74, 6) is 1.05. The van der Waals surface area contributed by atoms with Gasteiger partial charge in [0.05, 0.1) is 12.2 Å². The first kappa shape index (κ1) is 11.9. The molecule has 0 aliphatic carbocycles. The first-order valence-electron chi connectivity index (χ1n) is 5.74. The monoisotopic (exact) mass is 238 g/mol. The second-order valence-corrected chi connectivity index (χ2v) is 4.52. The average molecular weight is 238 g/mol. The average Bonchev–Trinajstić information content (AvgIpc) is 2.62. The Balaban J connectivity index is 2.24. The summed E-state index contributed by atoms with van der Waals surface area (Å²) in [7, 11) is 0. The van der Waals surface area contributed by atoms with Crippen molar-refractivity contribution in [2.75, 3.05) is 30.3 Å². The quantitative estimate of drug-likeness (QED) is 0.794. The Morgan fingerprint density at radius 1 is 1.59 bits per heavy atom. The van der Waals surface area contributed by atoms with Gasteiger partial charge in [0.25, 0.3) is 0 Å². The second kappa shape index (κ2) is 4.37. The molecule has 17 heavy (non-hydrogen) atoms. The first-order valence-corrected chi connectivity index (χ1v) is 5.74. The molecule has 1 aromatic heterocycles. The smallest absolute Gasteiger partial charge is 0.242 e. The number of ether oxygens (including phenoxy) is 1. The largest absolute Gasteiger partial charge is 0.476 e. The predicted octanol–water partition coefficient (Wildman–Crippen LogP) is 0.419. The van der Waals surface area contributed by atoms with Crippen LogP contribution in [0.2, 0.25) is 0 Å². The van der Waals surface area contributed by atoms with Crippen molar-refractivity contribution in [1.29, 1.82) is 0 Å². The number of hydrogen-bond donors (Lipinski definition) is 2. The molecule has 1 fully saturated rings. The Morgan fingerprint density at radius 2 is 2.35 bits per heavy atom. The number of hydrogen-bond acceptors (Lipinski definition) is 6. The molecule has 0 bridgehead atoms. The van der Waals surface area contributed by atoms with Crippen LogP contribution in [0.15, 0.2) is 6.33 Å². The van der Waals surface area contributed by atoms with Gasteiger partial charge in [0, 0.05) is 13.1 Å². The minimum Gasteiger partial charge on any atom is -0.476 e. The van der Waals surface area contributed by atoms with E-state index in [1.54, 1.807) is 0 Å². The lowest BCUT2D eigenvalue weighted by Gasteiger charge is -2.21. The Hall–Kier alpha value is -1.56. The molecule has 6 heteroatoms. The van der Waals surface area contributed by atoms with Crippen LogP contribution in [0.3, 0.4) is 0 Å². The first-order chi connectivity index (χ1) is 8.03. The molecule has 0 radical (unpaired) electrons. The van der Waals surface area contributed by atoms with Crippen molar-refractivity contribution in [3.05, 3.63) is 6.33 Å². The Labute approximate surface area is 100 Å². The van der Waals surface area contributed by atoms with Gasteiger partial charge in [-0.25, -0.2) is 4.98 Å². The fourth-order valence-corrected chi connectivity index (χ4v) is 2.00. The molecule has 0 aromatic carbocycles. The number of β-amino-alcohol motifs (C(OH)–C–C–N with tert-alkyl or cyclic N) is 1. The molecule has 1 atom stereocenters. The molecular formula is C11H18N4O2. The lowest BCUT2D eigenvalue weighted by molar-refractivity contribution is 0.0839. The molecule has 1 aliphatic rings. The van der Waals surface area contributed by atoms with Crippen molar-refractivity contribution in [2.24, 2.45) is 0 Å². The highest BCUT2D eigenvalue weighted by molar-refractivity contribution is 5.68. The number of anilines is 2. The number of nitrogens with two attached hydrogens (primary N) is 1. The maximum atomic E-state index is 9.93. The van der Waals surface area contributed by atoms with Crippen LogP contribution >= 0.6 is 0 Å². The van der Waals surface area contributed by atoms with Crippen LogP contribution in [0.1, 0.15) is 20.3 Å². The molecular weight excluding hydrogens is 220 g/mol. The van der Waals surface area contributed by atoms with Crippen molar-refractivity contribution < 1.29 is 9.84 Å². The van der Waals surface area contributed by atoms with Gasteiger partial charge in [-0.2, -0.15) is 4.98 Å². The van der Waals surface area contributed by atoms with E-state index in [9.17, 15) is 5.11 Å². The summed E-state index contributed by atoms with van der Waals surface area (Å²) in [5, 5.41) is 9.93. The van der Waals surface area contributed by atoms with E-state index in [1.165, 1.54) is 6.33 Å². The third-order valence-corrected chi connectivity index (χ3v) is 2.86. The summed E-state index contributed by atoms with van der Waals surface area (Å²) in [6.45, 7) is 5.47. The van der Waals surface area contributed by atoms with E-state index in [4.69, 9.17) is 10.5 Å². The van der Waals surface area contributed by atoms with E-state index in [1.807, 2.05) is 18.7 Å². The van der Waals surface area contributed by atoms with Crippen molar-refractivity contribution in [3.8, 4) is 5.88 Å². The van der Waals surface area contributed by atoms with Crippen molar-refractivity contribution >= 4 is 11.5 Å². The summed E-state index contributed by atoms with van der Waals surface area (Å²) >= 11 is 0. The molecule has 0 saturated carbocycles. The zero-order valence-corrected chi connectivity index (χ0v) is 10.2. The zero-order chi connectivity index (χ0) is 12.5. The lowest BCUT2D eigenvalue weighted by atomic mass is 10.1. The molecule has 2 rings (SSSR count). The molecule has 2 heterocycles. The van der Waals surface area contributed by atoms with Crippen LogP contribution in [0.5, 0.6) is 5.88 Å². The van der Waals surface area contributed by atoms with Gasteiger partial charge >= 0.3 is 0 Å². The highest BCUT2D eigenvalue weighted by Crippen LogP contribution is 2.32. The number of aromatic nitrogens is 2. The molecule has 1 saturated heterocycles. The molecule has 0 amide bonds. The van der Waals surface area contributed by atoms with Crippen LogP contribution in [0, 0.1) is 0 Å². The number of aliphatic hydroxyl groups is 1. The normalized spacial score (nSPS) is 24.1. The van der Waals surface area contributed by atoms with Crippen LogP contribution in [-0.2, 0) is 0 Å². The maximum absolute atomic E-state index is 9.93. The van der Waals surface area contributed by atoms with Crippen LogP contribution in [-0.4, -0.2) is 40.4 Å². The maximum Gasteiger partial charge on any atom is 0.242 e. The third kappa shape index (κ3) is 2.41. The van der Waals surface area contributed by atoms with Gasteiger partial charge in [-0.05, 0) is 20.3 Å². The molecule has 6 nitrogen and oxygen atoms in total. The third-order valence-electron chi connectivity index (χ3n) is 2.86. The molecule has 94 valence electrons. The fraction of sp³-hybridized carbons (Fsp3) is 0.636. The Kier molecular flexibility index (Phi) is 3.06. The van der Waals surface area contributed by atoms with Gasteiger partial charge in [-0.1, -0.05) is 0 Å².